The molecule has 6 nitrogen and oxygen atoms in total. The summed E-state index contributed by atoms with van der Waals surface area (Å²) in [5, 5.41) is 0. The topological polar surface area (TPSA) is 86.7 Å². The first kappa shape index (κ1) is 19.6. The monoisotopic (exact) mass is 392 g/mol. The quantitative estimate of drug-likeness (QED) is 0.578. The second kappa shape index (κ2) is 6.48. The van der Waals surface area contributed by atoms with Crippen molar-refractivity contribution in [3.8, 4) is 0 Å². The van der Waals surface area contributed by atoms with Gasteiger partial charge in [0, 0.05) is 6.42 Å². The van der Waals surface area contributed by atoms with E-state index in [-0.39, 0.29) is 34.0 Å². The zero-order valence-electron chi connectivity index (χ0n) is 15.9. The van der Waals surface area contributed by atoms with Crippen molar-refractivity contribution in [3.63, 3.8) is 0 Å². The Morgan fingerprint density at radius 3 is 2.04 bits per heavy atom. The highest BCUT2D eigenvalue weighted by Crippen LogP contribution is 2.62. The van der Waals surface area contributed by atoms with Crippen LogP contribution in [-0.2, 0) is 28.9 Å². The average Bonchev–Trinajstić information content (AvgIpc) is 2.66. The van der Waals surface area contributed by atoms with Gasteiger partial charge in [-0.15, -0.1) is 0 Å². The minimum Gasteiger partial charge on any atom is -0.468 e. The first-order valence-electron chi connectivity index (χ1n) is 8.79. The van der Waals surface area contributed by atoms with Crippen LogP contribution in [-0.4, -0.2) is 34.6 Å². The van der Waals surface area contributed by atoms with Crippen molar-refractivity contribution < 1.29 is 27.5 Å². The predicted molar refractivity (Wildman–Crippen MR) is 98.2 cm³/mol. The summed E-state index contributed by atoms with van der Waals surface area (Å²) in [6.07, 6.45) is 0.589. The molecule has 27 heavy (non-hydrogen) atoms. The standard InChI is InChI=1S/C20H24O6S/c1-19(2)10-14-15(19)11-20(17(21)25-3,18(22)26-4)12-16(14)27(23,24)13-8-6-5-7-9-13/h5-9,15H,10-12H2,1-4H3. The lowest BCUT2D eigenvalue weighted by molar-refractivity contribution is -0.172. The second-order valence-electron chi connectivity index (χ2n) is 7.93. The molecule has 0 heterocycles. The van der Waals surface area contributed by atoms with Crippen LogP contribution in [0, 0.1) is 16.7 Å². The lowest BCUT2D eigenvalue weighted by Gasteiger charge is -2.54. The highest BCUT2D eigenvalue weighted by molar-refractivity contribution is 7.95. The third kappa shape index (κ3) is 2.88. The summed E-state index contributed by atoms with van der Waals surface area (Å²) in [7, 11) is -1.44. The van der Waals surface area contributed by atoms with Crippen LogP contribution in [0.1, 0.15) is 33.1 Å². The number of sulfone groups is 1. The van der Waals surface area contributed by atoms with Gasteiger partial charge in [-0.3, -0.25) is 9.59 Å². The van der Waals surface area contributed by atoms with Crippen molar-refractivity contribution in [2.24, 2.45) is 16.7 Å². The summed E-state index contributed by atoms with van der Waals surface area (Å²) in [4.78, 5) is 25.6. The molecule has 2 aliphatic rings. The molecule has 3 rings (SSSR count). The van der Waals surface area contributed by atoms with Gasteiger partial charge in [-0.1, -0.05) is 37.6 Å². The molecule has 0 bridgehead atoms. The maximum atomic E-state index is 13.3. The van der Waals surface area contributed by atoms with E-state index in [2.05, 4.69) is 0 Å². The van der Waals surface area contributed by atoms with E-state index in [9.17, 15) is 18.0 Å². The third-order valence-corrected chi connectivity index (χ3v) is 7.86. The molecule has 1 atom stereocenters. The van der Waals surface area contributed by atoms with Gasteiger partial charge in [0.05, 0.1) is 24.0 Å². The van der Waals surface area contributed by atoms with E-state index in [0.29, 0.717) is 6.42 Å². The number of rotatable bonds is 4. The van der Waals surface area contributed by atoms with Crippen molar-refractivity contribution in [1.29, 1.82) is 0 Å². The molecule has 0 aliphatic heterocycles. The van der Waals surface area contributed by atoms with Crippen molar-refractivity contribution in [1.82, 2.24) is 0 Å². The number of hydrogen-bond acceptors (Lipinski definition) is 6. The van der Waals surface area contributed by atoms with E-state index in [1.807, 2.05) is 13.8 Å². The van der Waals surface area contributed by atoms with Gasteiger partial charge in [-0.2, -0.15) is 0 Å². The van der Waals surface area contributed by atoms with Crippen LogP contribution in [0.5, 0.6) is 0 Å². The summed E-state index contributed by atoms with van der Waals surface area (Å²) in [5.74, 6) is -1.70. The minimum absolute atomic E-state index is 0.153. The fraction of sp³-hybridized carbons (Fsp3) is 0.500. The molecule has 1 aromatic carbocycles. The van der Waals surface area contributed by atoms with E-state index in [0.717, 1.165) is 5.57 Å². The summed E-state index contributed by atoms with van der Waals surface area (Å²) in [6, 6.07) is 8.08. The van der Waals surface area contributed by atoms with E-state index in [1.165, 1.54) is 26.4 Å². The number of carbonyl (C=O) groups excluding carboxylic acids is 2. The Kier molecular flexibility index (Phi) is 4.70. The molecular weight excluding hydrogens is 368 g/mol. The van der Waals surface area contributed by atoms with E-state index >= 15 is 0 Å². The smallest absolute Gasteiger partial charge is 0.323 e. The lowest BCUT2D eigenvalue weighted by atomic mass is 9.51. The minimum atomic E-state index is -3.83. The predicted octanol–water partition coefficient (Wildman–Crippen LogP) is 2.89. The first-order chi connectivity index (χ1) is 12.6. The van der Waals surface area contributed by atoms with Gasteiger partial charge >= 0.3 is 11.9 Å². The fourth-order valence-corrected chi connectivity index (χ4v) is 6.17. The number of benzene rings is 1. The molecule has 2 aliphatic carbocycles. The Morgan fingerprint density at radius 2 is 1.56 bits per heavy atom. The fourth-order valence-electron chi connectivity index (χ4n) is 4.37. The molecule has 0 radical (unpaired) electrons. The van der Waals surface area contributed by atoms with E-state index in [4.69, 9.17) is 9.47 Å². The molecule has 1 saturated carbocycles. The van der Waals surface area contributed by atoms with Crippen molar-refractivity contribution in [3.05, 3.63) is 40.8 Å². The van der Waals surface area contributed by atoms with Gasteiger partial charge in [-0.25, -0.2) is 8.42 Å². The number of hydrogen-bond donors (Lipinski definition) is 0. The van der Waals surface area contributed by atoms with E-state index < -0.39 is 27.2 Å². The first-order valence-corrected chi connectivity index (χ1v) is 10.3. The Bertz CT molecular complexity index is 895. The molecule has 0 aromatic heterocycles. The SMILES string of the molecule is COC(=O)C1(C(=O)OC)CC(S(=O)(=O)c2ccccc2)=C2CC(C)(C)C2C1. The van der Waals surface area contributed by atoms with Gasteiger partial charge in [0.15, 0.2) is 5.41 Å². The van der Waals surface area contributed by atoms with Gasteiger partial charge in [0.2, 0.25) is 9.84 Å². The summed E-state index contributed by atoms with van der Waals surface area (Å²) < 4.78 is 36.5. The molecule has 0 N–H and O–H groups in total. The van der Waals surface area contributed by atoms with Gasteiger partial charge < -0.3 is 9.47 Å². The molecule has 0 amide bonds. The normalized spacial score (nSPS) is 23.0. The number of esters is 2. The maximum Gasteiger partial charge on any atom is 0.323 e. The molecule has 0 saturated heterocycles. The number of methoxy groups -OCH3 is 2. The molecule has 1 unspecified atom stereocenters. The van der Waals surface area contributed by atoms with Crippen LogP contribution in [0.3, 0.4) is 0 Å². The lowest BCUT2D eigenvalue weighted by Crippen LogP contribution is -2.52. The number of carbonyl (C=O) groups is 2. The average molecular weight is 392 g/mol. The van der Waals surface area contributed by atoms with Gasteiger partial charge in [0.25, 0.3) is 0 Å². The second-order valence-corrected chi connectivity index (χ2v) is 9.90. The van der Waals surface area contributed by atoms with Crippen LogP contribution >= 0.6 is 0 Å². The van der Waals surface area contributed by atoms with E-state index in [1.54, 1.807) is 18.2 Å². The zero-order chi connectivity index (χ0) is 20.0. The zero-order valence-corrected chi connectivity index (χ0v) is 16.8. The van der Waals surface area contributed by atoms with Crippen molar-refractivity contribution >= 4 is 21.8 Å². The van der Waals surface area contributed by atoms with Crippen LogP contribution in [0.4, 0.5) is 0 Å². The van der Waals surface area contributed by atoms with Gasteiger partial charge in [0.1, 0.15) is 0 Å². The Hall–Kier alpha value is -2.15. The molecule has 0 spiro atoms. The van der Waals surface area contributed by atoms with Crippen LogP contribution < -0.4 is 0 Å². The van der Waals surface area contributed by atoms with Crippen molar-refractivity contribution in [2.45, 2.75) is 38.0 Å². The molecule has 1 aromatic rings. The number of allylic oxidation sites excluding steroid dienone is 2. The Balaban J connectivity index is 2.19. The van der Waals surface area contributed by atoms with Crippen LogP contribution in [0.2, 0.25) is 0 Å². The summed E-state index contributed by atoms with van der Waals surface area (Å²) >= 11 is 0. The Labute approximate surface area is 159 Å². The summed E-state index contributed by atoms with van der Waals surface area (Å²) in [6.45, 7) is 4.02. The molecular formula is C20H24O6S. The number of ether oxygens (including phenoxy) is 2. The van der Waals surface area contributed by atoms with Crippen LogP contribution in [0.25, 0.3) is 0 Å². The largest absolute Gasteiger partial charge is 0.468 e. The molecule has 7 heteroatoms. The van der Waals surface area contributed by atoms with Gasteiger partial charge in [-0.05, 0) is 36.3 Å². The highest BCUT2D eigenvalue weighted by atomic mass is 32.2. The molecule has 146 valence electrons. The molecule has 1 fully saturated rings. The summed E-state index contributed by atoms with van der Waals surface area (Å²) in [5.41, 5.74) is -1.04. The highest BCUT2D eigenvalue weighted by Gasteiger charge is 2.61. The third-order valence-electron chi connectivity index (χ3n) is 5.91. The Morgan fingerprint density at radius 1 is 1.00 bits per heavy atom. The maximum absolute atomic E-state index is 13.3. The van der Waals surface area contributed by atoms with Crippen molar-refractivity contribution in [2.75, 3.05) is 14.2 Å². The number of fused-ring (bicyclic) bond motifs is 1. The van der Waals surface area contributed by atoms with Crippen LogP contribution in [0.15, 0.2) is 45.7 Å².